The monoisotopic (exact) mass is 280 g/mol. The van der Waals surface area contributed by atoms with Crippen LogP contribution < -0.4 is 21.7 Å². The van der Waals surface area contributed by atoms with Gasteiger partial charge < -0.3 is 26.4 Å². The lowest BCUT2D eigenvalue weighted by Crippen LogP contribution is -2.26. The lowest BCUT2D eigenvalue weighted by atomic mass is 10.1. The molecule has 1 unspecified atom stereocenters. The minimum Gasteiger partial charge on any atom is -0.383 e. The van der Waals surface area contributed by atoms with Gasteiger partial charge in [-0.1, -0.05) is 0 Å². The van der Waals surface area contributed by atoms with Crippen LogP contribution in [0.4, 0.5) is 16.2 Å². The fourth-order valence-corrected chi connectivity index (χ4v) is 1.84. The molecule has 0 spiro atoms. The third-order valence-electron chi connectivity index (χ3n) is 2.87. The van der Waals surface area contributed by atoms with Crippen LogP contribution >= 0.6 is 0 Å². The number of nitrogens with one attached hydrogen (secondary N) is 3. The molecule has 0 fully saturated rings. The highest BCUT2D eigenvalue weighted by Crippen LogP contribution is 2.15. The molecule has 20 heavy (non-hydrogen) atoms. The van der Waals surface area contributed by atoms with Crippen LogP contribution in [0.15, 0.2) is 24.3 Å². The fraction of sp³-hybridized carbons (Fsp3) is 0.500. The van der Waals surface area contributed by atoms with Gasteiger partial charge in [-0.05, 0) is 43.7 Å². The Bertz CT molecular complexity index is 395. The Morgan fingerprint density at radius 3 is 2.50 bits per heavy atom. The number of ether oxygens (including phenoxy) is 1. The average Bonchev–Trinajstić information content (AvgIpc) is 2.47. The van der Waals surface area contributed by atoms with E-state index in [1.807, 2.05) is 24.3 Å². The van der Waals surface area contributed by atoms with E-state index in [1.54, 1.807) is 14.2 Å². The van der Waals surface area contributed by atoms with Gasteiger partial charge in [-0.15, -0.1) is 0 Å². The number of methoxy groups -OCH3 is 1. The Kier molecular flexibility index (Phi) is 7.46. The summed E-state index contributed by atoms with van der Waals surface area (Å²) < 4.78 is 5.20. The van der Waals surface area contributed by atoms with E-state index in [2.05, 4.69) is 16.0 Å². The second-order valence-electron chi connectivity index (χ2n) is 4.51. The van der Waals surface area contributed by atoms with Crippen LogP contribution in [0.5, 0.6) is 0 Å². The van der Waals surface area contributed by atoms with Crippen LogP contribution in [0.25, 0.3) is 0 Å². The summed E-state index contributed by atoms with van der Waals surface area (Å²) in [5.74, 6) is 0. The molecule has 112 valence electrons. The lowest BCUT2D eigenvalue weighted by Gasteiger charge is -2.19. The molecule has 1 aromatic carbocycles. The van der Waals surface area contributed by atoms with E-state index in [0.717, 1.165) is 24.2 Å². The highest BCUT2D eigenvalue weighted by atomic mass is 16.5. The molecule has 0 aromatic heterocycles. The molecule has 1 atom stereocenters. The molecule has 0 heterocycles. The lowest BCUT2D eigenvalue weighted by molar-refractivity contribution is 0.182. The summed E-state index contributed by atoms with van der Waals surface area (Å²) in [6, 6.07) is 7.56. The molecular weight excluding hydrogens is 256 g/mol. The largest absolute Gasteiger partial charge is 0.383 e. The molecule has 0 radical (unpaired) electrons. The predicted molar refractivity (Wildman–Crippen MR) is 82.1 cm³/mol. The van der Waals surface area contributed by atoms with Gasteiger partial charge >= 0.3 is 6.03 Å². The maximum absolute atomic E-state index is 11.2. The van der Waals surface area contributed by atoms with Crippen LogP contribution in [0.1, 0.15) is 12.8 Å². The Hall–Kier alpha value is -1.79. The van der Waals surface area contributed by atoms with Crippen LogP contribution in [-0.2, 0) is 4.74 Å². The van der Waals surface area contributed by atoms with Crippen molar-refractivity contribution >= 4 is 17.4 Å². The van der Waals surface area contributed by atoms with Crippen LogP contribution in [0.2, 0.25) is 0 Å². The minimum atomic E-state index is -0.231. The van der Waals surface area contributed by atoms with Gasteiger partial charge in [0.15, 0.2) is 0 Å². The summed E-state index contributed by atoms with van der Waals surface area (Å²) in [7, 11) is 3.27. The van der Waals surface area contributed by atoms with Gasteiger partial charge in [0.2, 0.25) is 0 Å². The summed E-state index contributed by atoms with van der Waals surface area (Å²) >= 11 is 0. The standard InChI is InChI=1S/C14H24N4O2/c1-16-14(19)18-12-7-5-11(6-8-12)17-13(10-20-2)4-3-9-15/h5-8,13,17H,3-4,9-10,15H2,1-2H3,(H2,16,18,19). The smallest absolute Gasteiger partial charge is 0.318 e. The molecule has 0 aliphatic heterocycles. The Balaban J connectivity index is 2.55. The van der Waals surface area contributed by atoms with Gasteiger partial charge in [-0.3, -0.25) is 0 Å². The Morgan fingerprint density at radius 1 is 1.30 bits per heavy atom. The van der Waals surface area contributed by atoms with Crippen molar-refractivity contribution in [2.75, 3.05) is 37.9 Å². The molecule has 2 amide bonds. The zero-order chi connectivity index (χ0) is 14.8. The molecule has 0 saturated heterocycles. The molecule has 6 nitrogen and oxygen atoms in total. The summed E-state index contributed by atoms with van der Waals surface area (Å²) in [4.78, 5) is 11.2. The SMILES string of the molecule is CNC(=O)Nc1ccc(NC(CCCN)COC)cc1. The first-order valence-corrected chi connectivity index (χ1v) is 6.74. The maximum atomic E-state index is 11.2. The Labute approximate surface area is 120 Å². The molecule has 1 rings (SSSR count). The quantitative estimate of drug-likeness (QED) is 0.582. The van der Waals surface area contributed by atoms with Gasteiger partial charge in [-0.2, -0.15) is 0 Å². The molecule has 6 heteroatoms. The van der Waals surface area contributed by atoms with Crippen molar-refractivity contribution in [1.82, 2.24) is 5.32 Å². The van der Waals surface area contributed by atoms with Crippen molar-refractivity contribution in [3.8, 4) is 0 Å². The minimum absolute atomic E-state index is 0.231. The molecule has 0 aliphatic carbocycles. The third kappa shape index (κ3) is 5.90. The van der Waals surface area contributed by atoms with E-state index in [4.69, 9.17) is 10.5 Å². The Morgan fingerprint density at radius 2 is 1.95 bits per heavy atom. The number of urea groups is 1. The fourth-order valence-electron chi connectivity index (χ4n) is 1.84. The van der Waals surface area contributed by atoms with Crippen molar-refractivity contribution in [2.24, 2.45) is 5.73 Å². The van der Waals surface area contributed by atoms with Crippen LogP contribution in [0.3, 0.4) is 0 Å². The van der Waals surface area contributed by atoms with E-state index in [0.29, 0.717) is 13.2 Å². The van der Waals surface area contributed by atoms with Crippen LogP contribution in [0, 0.1) is 0 Å². The van der Waals surface area contributed by atoms with Crippen molar-refractivity contribution in [3.05, 3.63) is 24.3 Å². The molecule has 0 bridgehead atoms. The molecule has 5 N–H and O–H groups in total. The zero-order valence-electron chi connectivity index (χ0n) is 12.1. The number of carbonyl (C=O) groups excluding carboxylic acids is 1. The van der Waals surface area contributed by atoms with Crippen molar-refractivity contribution in [1.29, 1.82) is 0 Å². The van der Waals surface area contributed by atoms with Gasteiger partial charge in [0, 0.05) is 31.6 Å². The van der Waals surface area contributed by atoms with Crippen molar-refractivity contribution in [2.45, 2.75) is 18.9 Å². The van der Waals surface area contributed by atoms with Gasteiger partial charge in [0.1, 0.15) is 0 Å². The highest BCUT2D eigenvalue weighted by Gasteiger charge is 2.08. The maximum Gasteiger partial charge on any atom is 0.318 e. The summed E-state index contributed by atoms with van der Waals surface area (Å²) in [6.07, 6.45) is 1.92. The summed E-state index contributed by atoms with van der Waals surface area (Å²) in [5, 5.41) is 8.62. The molecule has 0 aliphatic rings. The number of nitrogens with two attached hydrogens (primary N) is 1. The summed E-state index contributed by atoms with van der Waals surface area (Å²) in [6.45, 7) is 1.31. The van der Waals surface area contributed by atoms with Crippen molar-refractivity contribution in [3.63, 3.8) is 0 Å². The number of anilines is 2. The van der Waals surface area contributed by atoms with Gasteiger partial charge in [0.05, 0.1) is 6.61 Å². The first kappa shape index (κ1) is 16.3. The van der Waals surface area contributed by atoms with E-state index in [-0.39, 0.29) is 12.1 Å². The third-order valence-corrected chi connectivity index (χ3v) is 2.87. The zero-order valence-corrected chi connectivity index (χ0v) is 12.1. The molecule has 0 saturated carbocycles. The second kappa shape index (κ2) is 9.17. The van der Waals surface area contributed by atoms with Crippen molar-refractivity contribution < 1.29 is 9.53 Å². The second-order valence-corrected chi connectivity index (χ2v) is 4.51. The van der Waals surface area contributed by atoms with Crippen LogP contribution in [-0.4, -0.2) is 39.4 Å². The number of hydrogen-bond acceptors (Lipinski definition) is 4. The number of amides is 2. The van der Waals surface area contributed by atoms with Gasteiger partial charge in [0.25, 0.3) is 0 Å². The van der Waals surface area contributed by atoms with E-state index < -0.39 is 0 Å². The predicted octanol–water partition coefficient (Wildman–Crippen LogP) is 1.60. The summed E-state index contributed by atoms with van der Waals surface area (Å²) in [5.41, 5.74) is 7.27. The van der Waals surface area contributed by atoms with E-state index >= 15 is 0 Å². The number of carbonyl (C=O) groups is 1. The number of rotatable bonds is 8. The normalized spacial score (nSPS) is 11.8. The van der Waals surface area contributed by atoms with E-state index in [9.17, 15) is 4.79 Å². The van der Waals surface area contributed by atoms with E-state index in [1.165, 1.54) is 0 Å². The first-order valence-electron chi connectivity index (χ1n) is 6.74. The number of hydrogen-bond donors (Lipinski definition) is 4. The molecular formula is C14H24N4O2. The number of benzene rings is 1. The highest BCUT2D eigenvalue weighted by molar-refractivity contribution is 5.89. The van der Waals surface area contributed by atoms with Gasteiger partial charge in [-0.25, -0.2) is 4.79 Å². The molecule has 1 aromatic rings. The topological polar surface area (TPSA) is 88.4 Å². The first-order chi connectivity index (χ1) is 9.69. The average molecular weight is 280 g/mol.